The minimum atomic E-state index is -4.30. The molecule has 144 valence electrons. The molecule has 7 heteroatoms. The lowest BCUT2D eigenvalue weighted by molar-refractivity contribution is -0.211. The van der Waals surface area contributed by atoms with Crippen LogP contribution in [0.5, 0.6) is 5.75 Å². The first-order valence-electron chi connectivity index (χ1n) is 8.55. The van der Waals surface area contributed by atoms with Gasteiger partial charge in [-0.05, 0) is 24.5 Å². The molecule has 1 aromatic heterocycles. The molecule has 1 aromatic carbocycles. The summed E-state index contributed by atoms with van der Waals surface area (Å²) in [4.78, 5) is 4.53. The van der Waals surface area contributed by atoms with Crippen LogP contribution < -0.4 is 4.74 Å². The third kappa shape index (κ3) is 3.85. The second-order valence-electron chi connectivity index (χ2n) is 6.86. The summed E-state index contributed by atoms with van der Waals surface area (Å²) < 4.78 is 46.9. The van der Waals surface area contributed by atoms with Crippen LogP contribution in [0.3, 0.4) is 0 Å². The van der Waals surface area contributed by atoms with Crippen molar-refractivity contribution < 1.29 is 17.9 Å². The Morgan fingerprint density at radius 1 is 1.15 bits per heavy atom. The van der Waals surface area contributed by atoms with Crippen molar-refractivity contribution in [3.8, 4) is 11.4 Å². The van der Waals surface area contributed by atoms with Crippen molar-refractivity contribution in [3.05, 3.63) is 40.4 Å². The van der Waals surface area contributed by atoms with Crippen molar-refractivity contribution in [1.82, 2.24) is 9.55 Å². The maximum Gasteiger partial charge on any atom is 0.394 e. The number of benzene rings is 1. The minimum absolute atomic E-state index is 0.168. The fourth-order valence-electron chi connectivity index (χ4n) is 2.81. The molecule has 2 rings (SSSR count). The third-order valence-corrected chi connectivity index (χ3v) is 4.92. The van der Waals surface area contributed by atoms with Crippen molar-refractivity contribution in [1.29, 1.82) is 0 Å². The molecule has 1 heterocycles. The van der Waals surface area contributed by atoms with Crippen molar-refractivity contribution in [2.75, 3.05) is 7.11 Å². The van der Waals surface area contributed by atoms with Gasteiger partial charge >= 0.3 is 6.18 Å². The molecule has 0 amide bonds. The second-order valence-corrected chi connectivity index (χ2v) is 7.22. The quantitative estimate of drug-likeness (QED) is 0.626. The van der Waals surface area contributed by atoms with E-state index < -0.39 is 11.6 Å². The first-order valence-corrected chi connectivity index (χ1v) is 8.93. The van der Waals surface area contributed by atoms with Gasteiger partial charge in [0.2, 0.25) is 0 Å². The molecular weight excluding hydrogens is 365 g/mol. The van der Waals surface area contributed by atoms with Crippen LogP contribution in [-0.2, 0) is 19.3 Å². The monoisotopic (exact) mass is 388 g/mol. The van der Waals surface area contributed by atoms with Crippen LogP contribution in [0.1, 0.15) is 44.8 Å². The van der Waals surface area contributed by atoms with Crippen LogP contribution in [0.25, 0.3) is 5.69 Å². The van der Waals surface area contributed by atoms with Gasteiger partial charge in [-0.25, -0.2) is 4.98 Å². The molecule has 2 aromatic rings. The van der Waals surface area contributed by atoms with Crippen molar-refractivity contribution >= 4 is 11.6 Å². The summed E-state index contributed by atoms with van der Waals surface area (Å²) in [6.45, 7) is 6.33. The van der Waals surface area contributed by atoms with Crippen LogP contribution in [-0.4, -0.2) is 22.8 Å². The molecule has 26 heavy (non-hydrogen) atoms. The first kappa shape index (κ1) is 20.6. The standard InChI is InChI=1S/C19H24ClF3N2O/c1-6-14-17(20)25(16(7-2)24-14)13-9-8-12(15(10-13)26-5)11-18(3,4)19(21,22)23/h8-10H,6-7,11H2,1-5H3. The number of halogens is 4. The average Bonchev–Trinajstić information content (AvgIpc) is 2.89. The van der Waals surface area contributed by atoms with Gasteiger partial charge in [-0.3, -0.25) is 4.57 Å². The minimum Gasteiger partial charge on any atom is -0.496 e. The fraction of sp³-hybridized carbons (Fsp3) is 0.526. The van der Waals surface area contributed by atoms with Crippen molar-refractivity contribution in [2.45, 2.75) is 53.1 Å². The van der Waals surface area contributed by atoms with Crippen LogP contribution >= 0.6 is 11.6 Å². The highest BCUT2D eigenvalue weighted by Crippen LogP contribution is 2.42. The summed E-state index contributed by atoms with van der Waals surface area (Å²) in [5, 5.41) is 0.523. The highest BCUT2D eigenvalue weighted by atomic mass is 35.5. The van der Waals surface area contributed by atoms with Crippen LogP contribution in [0.2, 0.25) is 5.15 Å². The van der Waals surface area contributed by atoms with Gasteiger partial charge in [0.1, 0.15) is 16.7 Å². The summed E-state index contributed by atoms with van der Waals surface area (Å²) in [7, 11) is 1.46. The number of aromatic nitrogens is 2. The third-order valence-electron chi connectivity index (χ3n) is 4.54. The molecule has 0 N–H and O–H groups in total. The van der Waals surface area contributed by atoms with Gasteiger partial charge in [-0.2, -0.15) is 13.2 Å². The van der Waals surface area contributed by atoms with Gasteiger partial charge in [0, 0.05) is 12.5 Å². The van der Waals surface area contributed by atoms with Gasteiger partial charge in [0.05, 0.1) is 23.9 Å². The molecular formula is C19H24ClF3N2O. The SMILES string of the molecule is CCc1nc(CC)n(-c2ccc(CC(C)(C)C(F)(F)F)c(OC)c2)c1Cl. The largest absolute Gasteiger partial charge is 0.496 e. The Balaban J connectivity index is 2.49. The second kappa shape index (κ2) is 7.51. The Kier molecular flexibility index (Phi) is 5.95. The molecule has 0 aliphatic carbocycles. The lowest BCUT2D eigenvalue weighted by Gasteiger charge is -2.28. The van der Waals surface area contributed by atoms with E-state index in [0.29, 0.717) is 29.3 Å². The van der Waals surface area contributed by atoms with Crippen LogP contribution in [0, 0.1) is 5.41 Å². The molecule has 0 bridgehead atoms. The molecule has 3 nitrogen and oxygen atoms in total. The van der Waals surface area contributed by atoms with E-state index in [2.05, 4.69) is 4.98 Å². The van der Waals surface area contributed by atoms with E-state index in [1.165, 1.54) is 21.0 Å². The number of hydrogen-bond acceptors (Lipinski definition) is 2. The molecule has 0 spiro atoms. The normalized spacial score (nSPS) is 12.5. The molecule has 0 unspecified atom stereocenters. The summed E-state index contributed by atoms with van der Waals surface area (Å²) in [5.41, 5.74) is 0.177. The maximum atomic E-state index is 13.2. The number of ether oxygens (including phenoxy) is 1. The Labute approximate surface area is 157 Å². The van der Waals surface area contributed by atoms with Gasteiger partial charge in [0.25, 0.3) is 0 Å². The molecule has 0 aliphatic heterocycles. The summed E-state index contributed by atoms with van der Waals surface area (Å²) >= 11 is 6.46. The number of aryl methyl sites for hydroxylation is 2. The van der Waals surface area contributed by atoms with E-state index in [9.17, 15) is 13.2 Å². The highest BCUT2D eigenvalue weighted by molar-refractivity contribution is 6.30. The zero-order valence-corrected chi connectivity index (χ0v) is 16.4. The zero-order valence-electron chi connectivity index (χ0n) is 15.7. The van der Waals surface area contributed by atoms with E-state index in [0.717, 1.165) is 17.2 Å². The van der Waals surface area contributed by atoms with Gasteiger partial charge < -0.3 is 4.74 Å². The number of methoxy groups -OCH3 is 1. The van der Waals surface area contributed by atoms with Crippen molar-refractivity contribution in [3.63, 3.8) is 0 Å². The first-order chi connectivity index (χ1) is 12.1. The highest BCUT2D eigenvalue weighted by Gasteiger charge is 2.47. The molecule has 0 saturated carbocycles. The number of imidazole rings is 1. The summed E-state index contributed by atoms with van der Waals surface area (Å²) in [6.07, 6.45) is -3.08. The molecule has 0 atom stereocenters. The van der Waals surface area contributed by atoms with Crippen LogP contribution in [0.4, 0.5) is 13.2 Å². The smallest absolute Gasteiger partial charge is 0.394 e. The van der Waals surface area contributed by atoms with Crippen LogP contribution in [0.15, 0.2) is 18.2 Å². The van der Waals surface area contributed by atoms with Gasteiger partial charge in [-0.1, -0.05) is 45.4 Å². The molecule has 0 fully saturated rings. The van der Waals surface area contributed by atoms with Gasteiger partial charge in [-0.15, -0.1) is 0 Å². The van der Waals surface area contributed by atoms with E-state index in [-0.39, 0.29) is 6.42 Å². The summed E-state index contributed by atoms with van der Waals surface area (Å²) in [5.74, 6) is 1.21. The fourth-order valence-corrected chi connectivity index (χ4v) is 3.18. The average molecular weight is 389 g/mol. The zero-order chi connectivity index (χ0) is 19.7. The Morgan fingerprint density at radius 3 is 2.31 bits per heavy atom. The summed E-state index contributed by atoms with van der Waals surface area (Å²) in [6, 6.07) is 5.15. The molecule has 0 saturated heterocycles. The Hall–Kier alpha value is -1.69. The number of nitrogens with zero attached hydrogens (tertiary/aromatic N) is 2. The van der Waals surface area contributed by atoms with Gasteiger partial charge in [0.15, 0.2) is 0 Å². The molecule has 0 aliphatic rings. The topological polar surface area (TPSA) is 27.1 Å². The van der Waals surface area contributed by atoms with E-state index in [4.69, 9.17) is 16.3 Å². The lowest BCUT2D eigenvalue weighted by Crippen LogP contribution is -2.34. The maximum absolute atomic E-state index is 13.2. The Bertz CT molecular complexity index is 782. The van der Waals surface area contributed by atoms with Crippen molar-refractivity contribution in [2.24, 2.45) is 5.41 Å². The van der Waals surface area contributed by atoms with E-state index >= 15 is 0 Å². The predicted molar refractivity (Wildman–Crippen MR) is 97.4 cm³/mol. The van der Waals surface area contributed by atoms with E-state index in [1.807, 2.05) is 18.4 Å². The number of rotatable bonds is 6. The predicted octanol–water partition coefficient (Wildman–Crippen LogP) is 5.79. The van der Waals surface area contributed by atoms with E-state index in [1.54, 1.807) is 18.2 Å². The number of alkyl halides is 3. The Morgan fingerprint density at radius 2 is 1.81 bits per heavy atom. The lowest BCUT2D eigenvalue weighted by atomic mass is 9.84. The molecule has 0 radical (unpaired) electrons. The number of hydrogen-bond donors (Lipinski definition) is 0.